The molecule has 0 heterocycles. The Hall–Kier alpha value is -1.09. The number of methoxy groups -OCH3 is 1. The zero-order valence-corrected chi connectivity index (χ0v) is 10.3. The van der Waals surface area contributed by atoms with Gasteiger partial charge in [-0.2, -0.15) is 0 Å². The van der Waals surface area contributed by atoms with Gasteiger partial charge in [0.05, 0.1) is 0 Å². The second-order valence-corrected chi connectivity index (χ2v) is 4.40. The van der Waals surface area contributed by atoms with Crippen molar-refractivity contribution in [3.8, 4) is 0 Å². The maximum Gasteiger partial charge on any atom is 0.302 e. The van der Waals surface area contributed by atoms with Gasteiger partial charge < -0.3 is 9.47 Å². The van der Waals surface area contributed by atoms with E-state index < -0.39 is 5.60 Å². The van der Waals surface area contributed by atoms with Gasteiger partial charge in [-0.15, -0.1) is 0 Å². The maximum atomic E-state index is 10.8. The van der Waals surface area contributed by atoms with Crippen LogP contribution in [-0.4, -0.2) is 25.3 Å². The molecular formula is C13H20O3. The molecule has 90 valence electrons. The average molecular weight is 224 g/mol. The van der Waals surface area contributed by atoms with Crippen LogP contribution in [0.15, 0.2) is 24.3 Å². The second-order valence-electron chi connectivity index (χ2n) is 4.40. The van der Waals surface area contributed by atoms with Crippen molar-refractivity contribution in [1.29, 1.82) is 0 Å². The van der Waals surface area contributed by atoms with Gasteiger partial charge in [0.25, 0.3) is 0 Å². The summed E-state index contributed by atoms with van der Waals surface area (Å²) in [7, 11) is 1.65. The number of hydrogen-bond acceptors (Lipinski definition) is 3. The summed E-state index contributed by atoms with van der Waals surface area (Å²) in [5.41, 5.74) is 0.714. The molecule has 0 fully saturated rings. The summed E-state index contributed by atoms with van der Waals surface area (Å²) in [6.45, 7) is 7.68. The van der Waals surface area contributed by atoms with Gasteiger partial charge in [-0.1, -0.05) is 24.3 Å². The van der Waals surface area contributed by atoms with E-state index in [4.69, 9.17) is 9.47 Å². The molecule has 0 bridgehead atoms. The monoisotopic (exact) mass is 224 g/mol. The molecule has 1 aliphatic carbocycles. The molecule has 0 aliphatic heterocycles. The van der Waals surface area contributed by atoms with E-state index in [0.29, 0.717) is 5.92 Å². The SMILES string of the molecule is C=C(C)C1C=C[C@@](COC(C)=O)(OC)CC1. The highest BCUT2D eigenvalue weighted by Crippen LogP contribution is 2.31. The molecule has 0 radical (unpaired) electrons. The van der Waals surface area contributed by atoms with Crippen LogP contribution in [0.1, 0.15) is 26.7 Å². The molecule has 1 unspecified atom stereocenters. The lowest BCUT2D eigenvalue weighted by molar-refractivity contribution is -0.148. The molecule has 16 heavy (non-hydrogen) atoms. The van der Waals surface area contributed by atoms with Crippen LogP contribution in [0.25, 0.3) is 0 Å². The van der Waals surface area contributed by atoms with Crippen LogP contribution in [0.2, 0.25) is 0 Å². The number of carbonyl (C=O) groups excluding carboxylic acids is 1. The van der Waals surface area contributed by atoms with Crippen molar-refractivity contribution in [1.82, 2.24) is 0 Å². The van der Waals surface area contributed by atoms with Crippen LogP contribution in [-0.2, 0) is 14.3 Å². The summed E-state index contributed by atoms with van der Waals surface area (Å²) >= 11 is 0. The van der Waals surface area contributed by atoms with Crippen LogP contribution in [0.4, 0.5) is 0 Å². The fourth-order valence-corrected chi connectivity index (χ4v) is 1.85. The van der Waals surface area contributed by atoms with E-state index >= 15 is 0 Å². The first-order valence-electron chi connectivity index (χ1n) is 5.52. The summed E-state index contributed by atoms with van der Waals surface area (Å²) in [6.07, 6.45) is 5.93. The highest BCUT2D eigenvalue weighted by atomic mass is 16.6. The molecule has 0 aromatic carbocycles. The molecule has 0 spiro atoms. The summed E-state index contributed by atoms with van der Waals surface area (Å²) in [4.78, 5) is 10.8. The molecule has 0 N–H and O–H groups in total. The Balaban J connectivity index is 2.66. The van der Waals surface area contributed by atoms with Crippen LogP contribution in [0.5, 0.6) is 0 Å². The Morgan fingerprint density at radius 2 is 2.25 bits per heavy atom. The van der Waals surface area contributed by atoms with Crippen LogP contribution < -0.4 is 0 Å². The van der Waals surface area contributed by atoms with Crippen LogP contribution in [0, 0.1) is 5.92 Å². The highest BCUT2D eigenvalue weighted by Gasteiger charge is 2.32. The fraction of sp³-hybridized carbons (Fsp3) is 0.615. The Labute approximate surface area is 97.1 Å². The number of allylic oxidation sites excluding steroid dienone is 2. The number of ether oxygens (including phenoxy) is 2. The van der Waals surface area contributed by atoms with Crippen molar-refractivity contribution in [2.45, 2.75) is 32.3 Å². The largest absolute Gasteiger partial charge is 0.462 e. The average Bonchev–Trinajstić information content (AvgIpc) is 2.27. The van der Waals surface area contributed by atoms with Gasteiger partial charge in [0.2, 0.25) is 0 Å². The molecule has 3 nitrogen and oxygen atoms in total. The summed E-state index contributed by atoms with van der Waals surface area (Å²) in [5, 5.41) is 0. The van der Waals surface area contributed by atoms with Crippen molar-refractivity contribution >= 4 is 5.97 Å². The third kappa shape index (κ3) is 3.20. The first kappa shape index (κ1) is 13.0. The van der Waals surface area contributed by atoms with Gasteiger partial charge in [-0.3, -0.25) is 4.79 Å². The Kier molecular flexibility index (Phi) is 4.30. The molecule has 3 heteroatoms. The Morgan fingerprint density at radius 3 is 2.62 bits per heavy atom. The Morgan fingerprint density at radius 1 is 1.56 bits per heavy atom. The van der Waals surface area contributed by atoms with Crippen LogP contribution in [0.3, 0.4) is 0 Å². The van der Waals surface area contributed by atoms with Gasteiger partial charge in [-0.05, 0) is 25.7 Å². The third-order valence-electron chi connectivity index (χ3n) is 3.07. The Bertz CT molecular complexity index is 306. The minimum absolute atomic E-state index is 0.271. The molecule has 1 rings (SSSR count). The number of carbonyl (C=O) groups is 1. The molecule has 0 saturated carbocycles. The predicted octanol–water partition coefficient (Wildman–Crippen LogP) is 2.48. The van der Waals surface area contributed by atoms with E-state index in [-0.39, 0.29) is 12.6 Å². The highest BCUT2D eigenvalue weighted by molar-refractivity contribution is 5.66. The standard InChI is InChI=1S/C13H20O3/c1-10(2)12-5-7-13(15-4,8-6-12)9-16-11(3)14/h5,7,12H,1,6,8-9H2,2-4H3/t12?,13-/m1/s1. The molecule has 0 aromatic heterocycles. The van der Waals surface area contributed by atoms with Gasteiger partial charge in [0, 0.05) is 14.0 Å². The molecule has 0 amide bonds. The topological polar surface area (TPSA) is 35.5 Å². The van der Waals surface area contributed by atoms with E-state index in [0.717, 1.165) is 18.4 Å². The van der Waals surface area contributed by atoms with Gasteiger partial charge in [-0.25, -0.2) is 0 Å². The van der Waals surface area contributed by atoms with E-state index in [9.17, 15) is 4.79 Å². The van der Waals surface area contributed by atoms with Crippen LogP contribution >= 0.6 is 0 Å². The fourth-order valence-electron chi connectivity index (χ4n) is 1.85. The minimum atomic E-state index is -0.447. The van der Waals surface area contributed by atoms with Gasteiger partial charge >= 0.3 is 5.97 Å². The number of hydrogen-bond donors (Lipinski definition) is 0. The smallest absolute Gasteiger partial charge is 0.302 e. The van der Waals surface area contributed by atoms with Crippen molar-refractivity contribution in [3.63, 3.8) is 0 Å². The first-order valence-corrected chi connectivity index (χ1v) is 5.52. The van der Waals surface area contributed by atoms with E-state index in [1.165, 1.54) is 6.92 Å². The van der Waals surface area contributed by atoms with E-state index in [2.05, 4.69) is 12.7 Å². The van der Waals surface area contributed by atoms with Crippen molar-refractivity contribution in [3.05, 3.63) is 24.3 Å². The van der Waals surface area contributed by atoms with Crippen molar-refractivity contribution < 1.29 is 14.3 Å². The normalized spacial score (nSPS) is 28.8. The summed E-state index contributed by atoms with van der Waals surface area (Å²) < 4.78 is 10.5. The lowest BCUT2D eigenvalue weighted by atomic mass is 9.83. The quantitative estimate of drug-likeness (QED) is 0.543. The zero-order valence-electron chi connectivity index (χ0n) is 10.3. The molecular weight excluding hydrogens is 204 g/mol. The van der Waals surface area contributed by atoms with Crippen molar-refractivity contribution in [2.24, 2.45) is 5.92 Å². The van der Waals surface area contributed by atoms with Gasteiger partial charge in [0.1, 0.15) is 12.2 Å². The minimum Gasteiger partial charge on any atom is -0.462 e. The van der Waals surface area contributed by atoms with Crippen molar-refractivity contribution in [2.75, 3.05) is 13.7 Å². The summed E-state index contributed by atoms with van der Waals surface area (Å²) in [5.74, 6) is 0.146. The maximum absolute atomic E-state index is 10.8. The van der Waals surface area contributed by atoms with E-state index in [1.807, 2.05) is 13.0 Å². The molecule has 0 saturated heterocycles. The third-order valence-corrected chi connectivity index (χ3v) is 3.07. The van der Waals surface area contributed by atoms with E-state index in [1.54, 1.807) is 7.11 Å². The molecule has 2 atom stereocenters. The second kappa shape index (κ2) is 5.30. The molecule has 1 aliphatic rings. The lowest BCUT2D eigenvalue weighted by Gasteiger charge is -2.33. The first-order chi connectivity index (χ1) is 7.49. The predicted molar refractivity (Wildman–Crippen MR) is 63.1 cm³/mol. The summed E-state index contributed by atoms with van der Waals surface area (Å²) in [6, 6.07) is 0. The van der Waals surface area contributed by atoms with Gasteiger partial charge in [0.15, 0.2) is 0 Å². The number of esters is 1. The molecule has 0 aromatic rings. The number of rotatable bonds is 4. The lowest BCUT2D eigenvalue weighted by Crippen LogP contribution is -2.38. The zero-order chi connectivity index (χ0) is 12.2.